The van der Waals surface area contributed by atoms with Gasteiger partial charge in [0.2, 0.25) is 10.0 Å². The number of sulfonamides is 1. The van der Waals surface area contributed by atoms with E-state index >= 15 is 0 Å². The van der Waals surface area contributed by atoms with E-state index in [2.05, 4.69) is 9.71 Å². The molecule has 1 aliphatic carbocycles. The lowest BCUT2D eigenvalue weighted by atomic mass is 9.94. The van der Waals surface area contributed by atoms with Gasteiger partial charge in [0.15, 0.2) is 5.78 Å². The van der Waals surface area contributed by atoms with Crippen molar-refractivity contribution in [1.29, 1.82) is 0 Å². The Kier molecular flexibility index (Phi) is 4.36. The first-order chi connectivity index (χ1) is 12.8. The van der Waals surface area contributed by atoms with Crippen LogP contribution in [0.1, 0.15) is 40.0 Å². The van der Waals surface area contributed by atoms with Gasteiger partial charge in [0.25, 0.3) is 0 Å². The second kappa shape index (κ2) is 6.58. The van der Waals surface area contributed by atoms with Crippen LogP contribution in [0.5, 0.6) is 0 Å². The van der Waals surface area contributed by atoms with Gasteiger partial charge in [-0.2, -0.15) is 0 Å². The maximum atomic E-state index is 13.0. The maximum Gasteiger partial charge on any atom is 0.241 e. The first-order valence-electron chi connectivity index (χ1n) is 8.77. The average molecular weight is 386 g/mol. The van der Waals surface area contributed by atoms with E-state index in [-0.39, 0.29) is 23.0 Å². The van der Waals surface area contributed by atoms with Gasteiger partial charge in [-0.1, -0.05) is 12.1 Å². The summed E-state index contributed by atoms with van der Waals surface area (Å²) in [5, 5.41) is 0.782. The molecule has 0 saturated heterocycles. The van der Waals surface area contributed by atoms with Crippen LogP contribution in [0.2, 0.25) is 0 Å². The van der Waals surface area contributed by atoms with E-state index in [1.54, 1.807) is 31.2 Å². The second-order valence-electron chi connectivity index (χ2n) is 6.87. The highest BCUT2D eigenvalue weighted by Crippen LogP contribution is 2.32. The summed E-state index contributed by atoms with van der Waals surface area (Å²) in [7, 11) is -3.75. The Morgan fingerprint density at radius 2 is 1.89 bits per heavy atom. The number of aryl methyl sites for hydroxylation is 2. The highest BCUT2D eigenvalue weighted by Gasteiger charge is 2.25. The van der Waals surface area contributed by atoms with Gasteiger partial charge in [-0.15, -0.1) is 0 Å². The van der Waals surface area contributed by atoms with Crippen molar-refractivity contribution in [3.05, 3.63) is 64.6 Å². The quantitative estimate of drug-likeness (QED) is 0.719. The molecule has 0 amide bonds. The van der Waals surface area contributed by atoms with Crippen molar-refractivity contribution >= 4 is 26.7 Å². The first-order valence-corrected chi connectivity index (χ1v) is 10.3. The van der Waals surface area contributed by atoms with Crippen LogP contribution in [0.3, 0.4) is 0 Å². The standard InChI is InChI=1S/C20H19FN2O3S/c1-12-9-15-17(23-16-3-2-4-18(24)20(15)16)10-19(12)27(25,26)22-11-13-5-7-14(21)8-6-13/h5-10,22-23H,2-4,11H2,1H3. The van der Waals surface area contributed by atoms with Crippen molar-refractivity contribution in [2.24, 2.45) is 0 Å². The first kappa shape index (κ1) is 17.9. The predicted molar refractivity (Wildman–Crippen MR) is 101 cm³/mol. The van der Waals surface area contributed by atoms with Gasteiger partial charge in [0.05, 0.1) is 4.90 Å². The molecule has 2 N–H and O–H groups in total. The summed E-state index contributed by atoms with van der Waals surface area (Å²) in [6.45, 7) is 1.79. The summed E-state index contributed by atoms with van der Waals surface area (Å²) in [6, 6.07) is 9.02. The SMILES string of the molecule is Cc1cc2c3c([nH]c2cc1S(=O)(=O)NCc1ccc(F)cc1)CCCC3=O. The molecule has 140 valence electrons. The zero-order chi connectivity index (χ0) is 19.2. The van der Waals surface area contributed by atoms with Gasteiger partial charge in [-0.05, 0) is 55.2 Å². The molecule has 0 atom stereocenters. The maximum absolute atomic E-state index is 13.0. The summed E-state index contributed by atoms with van der Waals surface area (Å²) in [6.07, 6.45) is 2.12. The zero-order valence-electron chi connectivity index (χ0n) is 14.8. The van der Waals surface area contributed by atoms with Crippen molar-refractivity contribution in [1.82, 2.24) is 9.71 Å². The molecule has 0 bridgehead atoms. The molecule has 1 aliphatic rings. The lowest BCUT2D eigenvalue weighted by molar-refractivity contribution is 0.0974. The molecule has 1 heterocycles. The number of ketones is 1. The number of halogens is 1. The number of carbonyl (C=O) groups is 1. The number of aromatic amines is 1. The number of carbonyl (C=O) groups excluding carboxylic acids is 1. The molecule has 0 fully saturated rings. The third-order valence-electron chi connectivity index (χ3n) is 4.95. The predicted octanol–water partition coefficient (Wildman–Crippen LogP) is 3.61. The Morgan fingerprint density at radius 1 is 1.15 bits per heavy atom. The van der Waals surface area contributed by atoms with Crippen LogP contribution in [0.4, 0.5) is 4.39 Å². The van der Waals surface area contributed by atoms with Gasteiger partial charge < -0.3 is 4.98 Å². The molecule has 0 aliphatic heterocycles. The number of benzene rings is 2. The van der Waals surface area contributed by atoms with E-state index in [1.165, 1.54) is 12.1 Å². The van der Waals surface area contributed by atoms with Crippen LogP contribution < -0.4 is 4.72 Å². The summed E-state index contributed by atoms with van der Waals surface area (Å²) >= 11 is 0. The third kappa shape index (κ3) is 3.28. The Hall–Kier alpha value is -2.51. The Bertz CT molecular complexity index is 1150. The number of rotatable bonds is 4. The minimum Gasteiger partial charge on any atom is -0.358 e. The van der Waals surface area contributed by atoms with Crippen molar-refractivity contribution < 1.29 is 17.6 Å². The van der Waals surface area contributed by atoms with E-state index in [4.69, 9.17) is 0 Å². The van der Waals surface area contributed by atoms with Crippen molar-refractivity contribution in [2.45, 2.75) is 37.6 Å². The molecule has 2 aromatic carbocycles. The van der Waals surface area contributed by atoms with E-state index in [0.29, 0.717) is 28.6 Å². The summed E-state index contributed by atoms with van der Waals surface area (Å²) in [4.78, 5) is 15.6. The van der Waals surface area contributed by atoms with Crippen LogP contribution >= 0.6 is 0 Å². The third-order valence-corrected chi connectivity index (χ3v) is 6.49. The second-order valence-corrected chi connectivity index (χ2v) is 8.60. The van der Waals surface area contributed by atoms with Crippen LogP contribution in [0.25, 0.3) is 10.9 Å². The number of nitrogens with one attached hydrogen (secondary N) is 2. The number of fused-ring (bicyclic) bond motifs is 3. The smallest absolute Gasteiger partial charge is 0.241 e. The largest absolute Gasteiger partial charge is 0.358 e. The Labute approximate surface area is 156 Å². The molecule has 5 nitrogen and oxygen atoms in total. The molecule has 1 aromatic heterocycles. The highest BCUT2D eigenvalue weighted by atomic mass is 32.2. The normalized spacial score (nSPS) is 14.5. The molecule has 0 radical (unpaired) electrons. The van der Waals surface area contributed by atoms with Gasteiger partial charge in [0.1, 0.15) is 5.82 Å². The van der Waals surface area contributed by atoms with E-state index in [0.717, 1.165) is 23.9 Å². The lowest BCUT2D eigenvalue weighted by Gasteiger charge is -2.11. The Balaban J connectivity index is 1.69. The number of Topliss-reactive ketones (excluding diaryl/α,β-unsaturated/α-hetero) is 1. The monoisotopic (exact) mass is 386 g/mol. The van der Waals surface area contributed by atoms with Gasteiger partial charge in [0, 0.05) is 35.1 Å². The summed E-state index contributed by atoms with van der Waals surface area (Å²) < 4.78 is 41.1. The summed E-state index contributed by atoms with van der Waals surface area (Å²) in [5.41, 5.74) is 3.48. The van der Waals surface area contributed by atoms with E-state index in [9.17, 15) is 17.6 Å². The minimum absolute atomic E-state index is 0.0692. The molecule has 4 rings (SSSR count). The molecule has 0 spiro atoms. The number of H-pyrrole nitrogens is 1. The molecule has 0 saturated carbocycles. The average Bonchev–Trinajstić information content (AvgIpc) is 2.99. The summed E-state index contributed by atoms with van der Waals surface area (Å²) in [5.74, 6) is -0.264. The van der Waals surface area contributed by atoms with Gasteiger partial charge in [-0.3, -0.25) is 4.79 Å². The van der Waals surface area contributed by atoms with Crippen LogP contribution in [0.15, 0.2) is 41.3 Å². The molecular weight excluding hydrogens is 367 g/mol. The molecular formula is C20H19FN2O3S. The van der Waals surface area contributed by atoms with Gasteiger partial charge in [-0.25, -0.2) is 17.5 Å². The molecule has 0 unspecified atom stereocenters. The van der Waals surface area contributed by atoms with Crippen LogP contribution in [0, 0.1) is 12.7 Å². The number of aromatic nitrogens is 1. The van der Waals surface area contributed by atoms with Crippen LogP contribution in [-0.2, 0) is 23.0 Å². The topological polar surface area (TPSA) is 79.0 Å². The highest BCUT2D eigenvalue weighted by molar-refractivity contribution is 7.89. The van der Waals surface area contributed by atoms with E-state index in [1.807, 2.05) is 0 Å². The van der Waals surface area contributed by atoms with Gasteiger partial charge >= 0.3 is 0 Å². The molecule has 7 heteroatoms. The zero-order valence-corrected chi connectivity index (χ0v) is 15.6. The minimum atomic E-state index is -3.75. The number of hydrogen-bond acceptors (Lipinski definition) is 3. The van der Waals surface area contributed by atoms with Crippen molar-refractivity contribution in [3.8, 4) is 0 Å². The van der Waals surface area contributed by atoms with E-state index < -0.39 is 10.0 Å². The fraction of sp³-hybridized carbons (Fsp3) is 0.250. The fourth-order valence-electron chi connectivity index (χ4n) is 3.59. The number of hydrogen-bond donors (Lipinski definition) is 2. The fourth-order valence-corrected chi connectivity index (χ4v) is 4.86. The van der Waals surface area contributed by atoms with Crippen LogP contribution in [-0.4, -0.2) is 19.2 Å². The van der Waals surface area contributed by atoms with Crippen molar-refractivity contribution in [2.75, 3.05) is 0 Å². The Morgan fingerprint density at radius 3 is 2.63 bits per heavy atom. The van der Waals surface area contributed by atoms with Crippen molar-refractivity contribution in [3.63, 3.8) is 0 Å². The molecule has 3 aromatic rings. The molecule has 27 heavy (non-hydrogen) atoms. The lowest BCUT2D eigenvalue weighted by Crippen LogP contribution is -2.24.